The lowest BCUT2D eigenvalue weighted by Crippen LogP contribution is -2.36. The highest BCUT2D eigenvalue weighted by Crippen LogP contribution is 2.40. The minimum Gasteiger partial charge on any atom is -0.495 e. The maximum Gasteiger partial charge on any atom is 0.260 e. The number of likely N-dealkylation sites (N-methyl/N-ethyl adjacent to an activating group) is 1. The Bertz CT molecular complexity index is 1510. The molecule has 1 aromatic heterocycles. The molecule has 0 radical (unpaired) electrons. The number of benzene rings is 3. The fraction of sp³-hybridized carbons (Fsp3) is 0.310. The van der Waals surface area contributed by atoms with E-state index in [2.05, 4.69) is 0 Å². The van der Waals surface area contributed by atoms with E-state index in [1.165, 1.54) is 27.8 Å². The number of thiazole rings is 1. The number of aromatic nitrogens is 1. The van der Waals surface area contributed by atoms with Crippen molar-refractivity contribution in [1.82, 2.24) is 14.2 Å². The first-order chi connectivity index (χ1) is 19.2. The number of fused-ring (bicyclic) bond motifs is 1. The molecule has 0 spiro atoms. The molecule has 4 rings (SSSR count). The van der Waals surface area contributed by atoms with E-state index in [4.69, 9.17) is 14.5 Å². The molecule has 0 N–H and O–H groups in total. The van der Waals surface area contributed by atoms with Gasteiger partial charge < -0.3 is 14.4 Å². The SMILES string of the molecule is CCN(Cc1ccccc1)S(=O)(=O)c1ccc(C(=O)N(CCN(C)C)c2nc3c(OC)ccc(OC)c3s2)cc1. The molecule has 4 aromatic rings. The molecule has 0 bridgehead atoms. The van der Waals surface area contributed by atoms with Gasteiger partial charge in [0.25, 0.3) is 5.91 Å². The predicted octanol–water partition coefficient (Wildman–Crippen LogP) is 4.73. The van der Waals surface area contributed by atoms with Gasteiger partial charge in [-0.3, -0.25) is 9.69 Å². The predicted molar refractivity (Wildman–Crippen MR) is 159 cm³/mol. The second-order valence-corrected chi connectivity index (χ2v) is 12.3. The Hall–Kier alpha value is -3.51. The fourth-order valence-corrected chi connectivity index (χ4v) is 6.74. The molecule has 9 nitrogen and oxygen atoms in total. The zero-order chi connectivity index (χ0) is 28.9. The van der Waals surface area contributed by atoms with Crippen LogP contribution in [0, 0.1) is 0 Å². The zero-order valence-electron chi connectivity index (χ0n) is 23.3. The number of carbonyl (C=O) groups excluding carboxylic acids is 1. The standard InChI is InChI=1S/C29H34N4O5S2/c1-6-32(20-21-10-8-7-9-11-21)40(35,36)23-14-12-22(13-15-23)28(34)33(19-18-31(2)3)29-30-26-24(37-4)16-17-25(38-5)27(26)39-29/h7-17H,6,18-20H2,1-5H3. The topological polar surface area (TPSA) is 92.3 Å². The lowest BCUT2D eigenvalue weighted by molar-refractivity contribution is 0.0985. The van der Waals surface area contributed by atoms with Crippen molar-refractivity contribution in [3.63, 3.8) is 0 Å². The molecule has 3 aromatic carbocycles. The fourth-order valence-electron chi connectivity index (χ4n) is 4.20. The Labute approximate surface area is 239 Å². The van der Waals surface area contributed by atoms with Gasteiger partial charge in [-0.15, -0.1) is 0 Å². The first-order valence-electron chi connectivity index (χ1n) is 12.8. The van der Waals surface area contributed by atoms with Crippen molar-refractivity contribution >= 4 is 42.6 Å². The summed E-state index contributed by atoms with van der Waals surface area (Å²) in [5.74, 6) is 0.952. The maximum absolute atomic E-state index is 13.8. The van der Waals surface area contributed by atoms with Crippen LogP contribution in [0.1, 0.15) is 22.8 Å². The van der Waals surface area contributed by atoms with Gasteiger partial charge in [0.15, 0.2) is 5.13 Å². The lowest BCUT2D eigenvalue weighted by atomic mass is 10.2. The normalized spacial score (nSPS) is 11.8. The van der Waals surface area contributed by atoms with E-state index in [0.29, 0.717) is 47.3 Å². The van der Waals surface area contributed by atoms with Crippen molar-refractivity contribution in [2.75, 3.05) is 52.8 Å². The molecule has 11 heteroatoms. The van der Waals surface area contributed by atoms with E-state index in [-0.39, 0.29) is 17.3 Å². The largest absolute Gasteiger partial charge is 0.495 e. The van der Waals surface area contributed by atoms with Crippen LogP contribution in [-0.2, 0) is 16.6 Å². The molecule has 0 unspecified atom stereocenters. The van der Waals surface area contributed by atoms with Crippen LogP contribution >= 0.6 is 11.3 Å². The van der Waals surface area contributed by atoms with E-state index < -0.39 is 10.0 Å². The Morgan fingerprint density at radius 3 is 2.15 bits per heavy atom. The molecule has 0 aliphatic heterocycles. The summed E-state index contributed by atoms with van der Waals surface area (Å²) in [6.45, 7) is 3.39. The molecule has 0 atom stereocenters. The van der Waals surface area contributed by atoms with Gasteiger partial charge in [0.1, 0.15) is 21.7 Å². The van der Waals surface area contributed by atoms with E-state index in [9.17, 15) is 13.2 Å². The van der Waals surface area contributed by atoms with Gasteiger partial charge in [0.05, 0.1) is 19.1 Å². The average molecular weight is 583 g/mol. The molecular formula is C29H34N4O5S2. The van der Waals surface area contributed by atoms with Crippen LogP contribution in [0.25, 0.3) is 10.2 Å². The highest BCUT2D eigenvalue weighted by Gasteiger charge is 2.26. The third kappa shape index (κ3) is 6.28. The third-order valence-corrected chi connectivity index (χ3v) is 9.47. The van der Waals surface area contributed by atoms with Crippen LogP contribution in [0.15, 0.2) is 71.6 Å². The molecule has 0 saturated carbocycles. The lowest BCUT2D eigenvalue weighted by Gasteiger charge is -2.23. The van der Waals surface area contributed by atoms with Gasteiger partial charge in [-0.2, -0.15) is 4.31 Å². The van der Waals surface area contributed by atoms with Crippen LogP contribution in [0.5, 0.6) is 11.5 Å². The molecule has 0 aliphatic carbocycles. The molecular weight excluding hydrogens is 548 g/mol. The van der Waals surface area contributed by atoms with Gasteiger partial charge in [-0.25, -0.2) is 13.4 Å². The molecule has 1 amide bonds. The summed E-state index contributed by atoms with van der Waals surface area (Å²) in [4.78, 5) is 22.3. The quantitative estimate of drug-likeness (QED) is 0.238. The van der Waals surface area contributed by atoms with E-state index in [1.807, 2.05) is 62.3 Å². The number of rotatable bonds is 12. The number of carbonyl (C=O) groups is 1. The van der Waals surface area contributed by atoms with Crippen molar-refractivity contribution < 1.29 is 22.7 Å². The van der Waals surface area contributed by atoms with Gasteiger partial charge in [0.2, 0.25) is 10.0 Å². The molecule has 212 valence electrons. The third-order valence-electron chi connectivity index (χ3n) is 6.44. The highest BCUT2D eigenvalue weighted by atomic mass is 32.2. The number of sulfonamides is 1. The number of methoxy groups -OCH3 is 2. The summed E-state index contributed by atoms with van der Waals surface area (Å²) in [5, 5.41) is 0.501. The molecule has 40 heavy (non-hydrogen) atoms. The monoisotopic (exact) mass is 582 g/mol. The number of hydrogen-bond donors (Lipinski definition) is 0. The second kappa shape index (κ2) is 12.8. The van der Waals surface area contributed by atoms with Crippen molar-refractivity contribution in [2.24, 2.45) is 0 Å². The average Bonchev–Trinajstić information content (AvgIpc) is 3.41. The van der Waals surface area contributed by atoms with Crippen molar-refractivity contribution in [3.8, 4) is 11.5 Å². The molecule has 0 fully saturated rings. The van der Waals surface area contributed by atoms with Crippen molar-refractivity contribution in [1.29, 1.82) is 0 Å². The van der Waals surface area contributed by atoms with E-state index >= 15 is 0 Å². The zero-order valence-corrected chi connectivity index (χ0v) is 25.0. The highest BCUT2D eigenvalue weighted by molar-refractivity contribution is 7.89. The number of amides is 1. The van der Waals surface area contributed by atoms with Crippen LogP contribution in [0.4, 0.5) is 5.13 Å². The van der Waals surface area contributed by atoms with Gasteiger partial charge >= 0.3 is 0 Å². The second-order valence-electron chi connectivity index (χ2n) is 9.35. The summed E-state index contributed by atoms with van der Waals surface area (Å²) in [6, 6.07) is 19.2. The number of ether oxygens (including phenoxy) is 2. The number of hydrogen-bond acceptors (Lipinski definition) is 8. The van der Waals surface area contributed by atoms with E-state index in [1.54, 1.807) is 37.3 Å². The molecule has 0 aliphatic rings. The smallest absolute Gasteiger partial charge is 0.260 e. The first-order valence-corrected chi connectivity index (χ1v) is 15.1. The van der Waals surface area contributed by atoms with Crippen molar-refractivity contribution in [2.45, 2.75) is 18.4 Å². The van der Waals surface area contributed by atoms with Crippen LogP contribution in [0.3, 0.4) is 0 Å². The number of nitrogens with zero attached hydrogens (tertiary/aromatic N) is 4. The first kappa shape index (κ1) is 29.5. The van der Waals surface area contributed by atoms with Crippen molar-refractivity contribution in [3.05, 3.63) is 77.9 Å². The minimum atomic E-state index is -3.75. The van der Waals surface area contributed by atoms with Gasteiger partial charge in [-0.05, 0) is 56.1 Å². The Morgan fingerprint density at radius 1 is 0.900 bits per heavy atom. The van der Waals surface area contributed by atoms with Gasteiger partial charge in [0, 0.05) is 31.7 Å². The summed E-state index contributed by atoms with van der Waals surface area (Å²) >= 11 is 1.34. The van der Waals surface area contributed by atoms with Gasteiger partial charge in [-0.1, -0.05) is 48.6 Å². The van der Waals surface area contributed by atoms with Crippen LogP contribution in [0.2, 0.25) is 0 Å². The Balaban J connectivity index is 1.65. The molecule has 0 saturated heterocycles. The Morgan fingerprint density at radius 2 is 1.55 bits per heavy atom. The van der Waals surface area contributed by atoms with E-state index in [0.717, 1.165) is 10.3 Å². The summed E-state index contributed by atoms with van der Waals surface area (Å²) in [6.07, 6.45) is 0. The Kier molecular flexibility index (Phi) is 9.41. The van der Waals surface area contributed by atoms with Crippen LogP contribution in [-0.4, -0.2) is 76.5 Å². The summed E-state index contributed by atoms with van der Waals surface area (Å²) in [5.41, 5.74) is 1.88. The summed E-state index contributed by atoms with van der Waals surface area (Å²) < 4.78 is 40.0. The number of anilines is 1. The minimum absolute atomic E-state index is 0.135. The summed E-state index contributed by atoms with van der Waals surface area (Å²) in [7, 11) is 3.27. The van der Waals surface area contributed by atoms with Crippen LogP contribution < -0.4 is 14.4 Å². The maximum atomic E-state index is 13.8. The molecule has 1 heterocycles.